The van der Waals surface area contributed by atoms with Crippen LogP contribution in [-0.2, 0) is 22.7 Å². The number of aliphatic hydroxyl groups is 1. The first-order valence-electron chi connectivity index (χ1n) is 10.5. The summed E-state index contributed by atoms with van der Waals surface area (Å²) in [6.45, 7) is 1.46. The maximum absolute atomic E-state index is 14.1. The van der Waals surface area contributed by atoms with Gasteiger partial charge in [0, 0.05) is 41.3 Å². The van der Waals surface area contributed by atoms with Crippen molar-refractivity contribution < 1.29 is 23.9 Å². The van der Waals surface area contributed by atoms with Crippen LogP contribution in [0.5, 0.6) is 0 Å². The summed E-state index contributed by atoms with van der Waals surface area (Å²) in [5, 5.41) is 13.7. The second kappa shape index (κ2) is 9.33. The second-order valence-electron chi connectivity index (χ2n) is 8.06. The SMILES string of the molecule is CC(=O)c1cn(CC(=O)N2CCC(O)C2C(=O)NCc2cccc(Cl)c2F)c2ccccc12. The molecule has 0 aliphatic carbocycles. The topological polar surface area (TPSA) is 91.6 Å². The summed E-state index contributed by atoms with van der Waals surface area (Å²) >= 11 is 5.78. The molecule has 3 aromatic rings. The van der Waals surface area contributed by atoms with E-state index in [0.717, 1.165) is 10.9 Å². The van der Waals surface area contributed by atoms with Crippen LogP contribution in [0.3, 0.4) is 0 Å². The van der Waals surface area contributed by atoms with E-state index in [1.165, 1.54) is 24.0 Å². The molecule has 2 atom stereocenters. The summed E-state index contributed by atoms with van der Waals surface area (Å²) in [5.41, 5.74) is 1.45. The molecule has 1 fully saturated rings. The van der Waals surface area contributed by atoms with Crippen LogP contribution in [0.15, 0.2) is 48.7 Å². The number of hydrogen-bond acceptors (Lipinski definition) is 4. The van der Waals surface area contributed by atoms with Crippen LogP contribution in [0.25, 0.3) is 10.9 Å². The van der Waals surface area contributed by atoms with E-state index < -0.39 is 23.9 Å². The van der Waals surface area contributed by atoms with Gasteiger partial charge in [0.05, 0.1) is 11.1 Å². The average molecular weight is 472 g/mol. The highest BCUT2D eigenvalue weighted by Crippen LogP contribution is 2.24. The van der Waals surface area contributed by atoms with Crippen molar-refractivity contribution in [3.05, 3.63) is 70.6 Å². The van der Waals surface area contributed by atoms with Gasteiger partial charge in [-0.05, 0) is 25.5 Å². The molecule has 0 bridgehead atoms. The van der Waals surface area contributed by atoms with Gasteiger partial charge in [0.15, 0.2) is 5.78 Å². The first kappa shape index (κ1) is 22.9. The average Bonchev–Trinajstić information content (AvgIpc) is 3.35. The standard InChI is InChI=1S/C24H23ClFN3O4/c1-14(30)17-12-28(19-8-3-2-6-16(17)19)13-21(32)29-10-9-20(31)23(29)24(33)27-11-15-5-4-7-18(25)22(15)26/h2-8,12,20,23,31H,9-11,13H2,1H3,(H,27,33). The van der Waals surface area contributed by atoms with Crippen molar-refractivity contribution >= 4 is 40.1 Å². The lowest BCUT2D eigenvalue weighted by atomic mass is 10.1. The highest BCUT2D eigenvalue weighted by molar-refractivity contribution is 6.30. The number of halogens is 2. The molecule has 1 saturated heterocycles. The fourth-order valence-corrected chi connectivity index (χ4v) is 4.43. The molecule has 172 valence electrons. The summed E-state index contributed by atoms with van der Waals surface area (Å²) in [7, 11) is 0. The van der Waals surface area contributed by atoms with E-state index >= 15 is 0 Å². The Hall–Kier alpha value is -3.23. The van der Waals surface area contributed by atoms with Gasteiger partial charge in [-0.3, -0.25) is 14.4 Å². The molecule has 0 saturated carbocycles. The molecule has 0 spiro atoms. The third-order valence-corrected chi connectivity index (χ3v) is 6.21. The Bertz CT molecular complexity index is 1240. The molecule has 1 aliphatic rings. The largest absolute Gasteiger partial charge is 0.390 e. The summed E-state index contributed by atoms with van der Waals surface area (Å²) in [5.74, 6) is -1.68. The molecule has 2 aromatic carbocycles. The van der Waals surface area contributed by atoms with Crippen LogP contribution in [0.4, 0.5) is 4.39 Å². The Morgan fingerprint density at radius 3 is 2.70 bits per heavy atom. The monoisotopic (exact) mass is 471 g/mol. The third kappa shape index (κ3) is 4.49. The van der Waals surface area contributed by atoms with Gasteiger partial charge in [-0.1, -0.05) is 41.9 Å². The molecule has 9 heteroatoms. The molecular weight excluding hydrogens is 449 g/mol. The van der Waals surface area contributed by atoms with Crippen molar-refractivity contribution in [2.45, 2.75) is 38.6 Å². The number of benzene rings is 2. The van der Waals surface area contributed by atoms with Crippen molar-refractivity contribution in [2.75, 3.05) is 6.54 Å². The zero-order chi connectivity index (χ0) is 23.7. The van der Waals surface area contributed by atoms with Gasteiger partial charge >= 0.3 is 0 Å². The number of rotatable bonds is 6. The van der Waals surface area contributed by atoms with Gasteiger partial charge < -0.3 is 19.9 Å². The van der Waals surface area contributed by atoms with Gasteiger partial charge in [0.1, 0.15) is 18.4 Å². The van der Waals surface area contributed by atoms with Crippen LogP contribution in [-0.4, -0.2) is 50.9 Å². The zero-order valence-corrected chi connectivity index (χ0v) is 18.7. The Balaban J connectivity index is 1.51. The lowest BCUT2D eigenvalue weighted by Crippen LogP contribution is -2.50. The number of likely N-dealkylation sites (tertiary alicyclic amines) is 1. The Labute approximate surface area is 194 Å². The normalized spacial score (nSPS) is 18.0. The molecule has 7 nitrogen and oxygen atoms in total. The molecule has 1 aromatic heterocycles. The number of ketones is 1. The Kier molecular flexibility index (Phi) is 6.49. The molecule has 0 radical (unpaired) electrons. The molecule has 2 N–H and O–H groups in total. The van der Waals surface area contributed by atoms with Crippen LogP contribution in [0.2, 0.25) is 5.02 Å². The van der Waals surface area contributed by atoms with E-state index in [2.05, 4.69) is 5.32 Å². The number of aliphatic hydroxyl groups excluding tert-OH is 1. The molecule has 1 aliphatic heterocycles. The predicted molar refractivity (Wildman–Crippen MR) is 121 cm³/mol. The molecule has 2 unspecified atom stereocenters. The van der Waals surface area contributed by atoms with Crippen molar-refractivity contribution in [3.8, 4) is 0 Å². The summed E-state index contributed by atoms with van der Waals surface area (Å²) in [4.78, 5) is 39.3. The summed E-state index contributed by atoms with van der Waals surface area (Å²) in [6.07, 6.45) is 0.849. The predicted octanol–water partition coefficient (Wildman–Crippen LogP) is 2.91. The van der Waals surface area contributed by atoms with Gasteiger partial charge in [-0.15, -0.1) is 0 Å². The number of carbonyl (C=O) groups is 3. The first-order chi connectivity index (χ1) is 15.8. The quantitative estimate of drug-likeness (QED) is 0.541. The smallest absolute Gasteiger partial charge is 0.245 e. The zero-order valence-electron chi connectivity index (χ0n) is 17.9. The lowest BCUT2D eigenvalue weighted by molar-refractivity contribution is -0.141. The van der Waals surface area contributed by atoms with Crippen molar-refractivity contribution in [1.29, 1.82) is 0 Å². The highest BCUT2D eigenvalue weighted by Gasteiger charge is 2.41. The van der Waals surface area contributed by atoms with E-state index in [-0.39, 0.29) is 48.3 Å². The van der Waals surface area contributed by atoms with E-state index in [1.54, 1.807) is 16.8 Å². The minimum atomic E-state index is -1.09. The van der Waals surface area contributed by atoms with Crippen LogP contribution >= 0.6 is 11.6 Å². The summed E-state index contributed by atoms with van der Waals surface area (Å²) < 4.78 is 15.8. The van der Waals surface area contributed by atoms with Crippen molar-refractivity contribution in [1.82, 2.24) is 14.8 Å². The number of nitrogens with one attached hydrogen (secondary N) is 1. The van der Waals surface area contributed by atoms with Gasteiger partial charge in [-0.2, -0.15) is 0 Å². The van der Waals surface area contributed by atoms with Gasteiger partial charge in [0.2, 0.25) is 11.8 Å². The first-order valence-corrected chi connectivity index (χ1v) is 10.9. The number of Topliss-reactive ketones (excluding diaryl/α,β-unsaturated/α-hetero) is 1. The number of nitrogens with zero attached hydrogens (tertiary/aromatic N) is 2. The Morgan fingerprint density at radius 1 is 1.18 bits per heavy atom. The number of aromatic nitrogens is 1. The molecule has 33 heavy (non-hydrogen) atoms. The molecule has 2 amide bonds. The van der Waals surface area contributed by atoms with E-state index in [1.807, 2.05) is 24.3 Å². The maximum atomic E-state index is 14.1. The fraction of sp³-hybridized carbons (Fsp3) is 0.292. The van der Waals surface area contributed by atoms with E-state index in [9.17, 15) is 23.9 Å². The fourth-order valence-electron chi connectivity index (χ4n) is 4.24. The molecule has 2 heterocycles. The van der Waals surface area contributed by atoms with E-state index in [4.69, 9.17) is 11.6 Å². The van der Waals surface area contributed by atoms with Gasteiger partial charge in [0.25, 0.3) is 0 Å². The Morgan fingerprint density at radius 2 is 1.94 bits per heavy atom. The second-order valence-corrected chi connectivity index (χ2v) is 8.47. The van der Waals surface area contributed by atoms with Crippen molar-refractivity contribution in [3.63, 3.8) is 0 Å². The number of fused-ring (bicyclic) bond motifs is 1. The number of para-hydroxylation sites is 1. The van der Waals surface area contributed by atoms with Gasteiger partial charge in [-0.25, -0.2) is 4.39 Å². The maximum Gasteiger partial charge on any atom is 0.245 e. The summed E-state index contributed by atoms with van der Waals surface area (Å²) in [6, 6.07) is 10.7. The van der Waals surface area contributed by atoms with E-state index in [0.29, 0.717) is 5.56 Å². The molecular formula is C24H23ClFN3O4. The number of hydrogen-bond donors (Lipinski definition) is 2. The highest BCUT2D eigenvalue weighted by atomic mass is 35.5. The van der Waals surface area contributed by atoms with Crippen molar-refractivity contribution in [2.24, 2.45) is 0 Å². The molecule has 4 rings (SSSR count). The lowest BCUT2D eigenvalue weighted by Gasteiger charge is -2.26. The third-order valence-electron chi connectivity index (χ3n) is 5.91. The van der Waals surface area contributed by atoms with Crippen LogP contribution in [0, 0.1) is 5.82 Å². The minimum Gasteiger partial charge on any atom is -0.390 e. The van der Waals surface area contributed by atoms with Crippen LogP contribution in [0.1, 0.15) is 29.3 Å². The van der Waals surface area contributed by atoms with Crippen LogP contribution < -0.4 is 5.32 Å². The minimum absolute atomic E-state index is 0.0525. The number of carbonyl (C=O) groups excluding carboxylic acids is 3. The number of amides is 2.